The highest BCUT2D eigenvalue weighted by Gasteiger charge is 2.18. The zero-order valence-electron chi connectivity index (χ0n) is 26.0. The molecule has 3 amide bonds. The fraction of sp³-hybridized carbons (Fsp3) is 0.189. The topological polar surface area (TPSA) is 114 Å². The Morgan fingerprint density at radius 3 is 2.22 bits per heavy atom. The molecule has 0 spiro atoms. The Bertz CT molecular complexity index is 1690. The van der Waals surface area contributed by atoms with E-state index in [1.165, 1.54) is 11.8 Å². The van der Waals surface area contributed by atoms with E-state index in [-0.39, 0.29) is 11.6 Å². The number of benzene rings is 4. The summed E-state index contributed by atoms with van der Waals surface area (Å²) in [5.74, 6) is -1.50. The molecule has 1 unspecified atom stereocenters. The van der Waals surface area contributed by atoms with Crippen molar-refractivity contribution in [3.63, 3.8) is 0 Å². The number of carbonyl (C=O) groups is 4. The number of unbranched alkanes of at least 4 members (excludes halogenated alkanes) is 1. The van der Waals surface area contributed by atoms with Crippen LogP contribution in [0.15, 0.2) is 114 Å². The Morgan fingerprint density at radius 1 is 0.804 bits per heavy atom. The van der Waals surface area contributed by atoms with Gasteiger partial charge in [-0.05, 0) is 86.5 Å². The van der Waals surface area contributed by atoms with Gasteiger partial charge in [0.2, 0.25) is 5.91 Å². The van der Waals surface area contributed by atoms with Crippen molar-refractivity contribution in [3.05, 3.63) is 131 Å². The smallest absolute Gasteiger partial charge is 0.338 e. The molecule has 1 atom stereocenters. The van der Waals surface area contributed by atoms with E-state index < -0.39 is 23.0 Å². The van der Waals surface area contributed by atoms with Crippen molar-refractivity contribution in [1.82, 2.24) is 5.32 Å². The summed E-state index contributed by atoms with van der Waals surface area (Å²) in [6.07, 6.45) is 3.38. The molecule has 3 N–H and O–H groups in total. The highest BCUT2D eigenvalue weighted by molar-refractivity contribution is 8.00. The molecule has 0 aliphatic heterocycles. The summed E-state index contributed by atoms with van der Waals surface area (Å²) < 4.78 is 5.23. The van der Waals surface area contributed by atoms with Gasteiger partial charge in [-0.25, -0.2) is 4.79 Å². The van der Waals surface area contributed by atoms with E-state index in [2.05, 4.69) is 16.0 Å². The lowest BCUT2D eigenvalue weighted by Gasteiger charge is -2.14. The number of esters is 1. The summed E-state index contributed by atoms with van der Waals surface area (Å²) in [6.45, 7) is 6.16. The quantitative estimate of drug-likeness (QED) is 0.0608. The highest BCUT2D eigenvalue weighted by atomic mass is 32.2. The van der Waals surface area contributed by atoms with Gasteiger partial charge >= 0.3 is 5.97 Å². The average Bonchev–Trinajstić information content (AvgIpc) is 3.06. The third kappa shape index (κ3) is 10.2. The average molecular weight is 636 g/mol. The largest absolute Gasteiger partial charge is 0.462 e. The molecule has 236 valence electrons. The summed E-state index contributed by atoms with van der Waals surface area (Å²) in [5.41, 5.74) is 3.84. The molecule has 4 aromatic rings. The first kappa shape index (κ1) is 33.7. The Kier molecular flexibility index (Phi) is 12.3. The Balaban J connectivity index is 1.40. The first-order chi connectivity index (χ1) is 22.2. The molecule has 0 saturated carbocycles. The van der Waals surface area contributed by atoms with Gasteiger partial charge in [0.25, 0.3) is 11.8 Å². The summed E-state index contributed by atoms with van der Waals surface area (Å²) in [7, 11) is 0. The minimum atomic E-state index is -0.490. The molecular weight excluding hydrogens is 598 g/mol. The van der Waals surface area contributed by atoms with Crippen LogP contribution in [0.25, 0.3) is 6.08 Å². The van der Waals surface area contributed by atoms with Gasteiger partial charge in [0.15, 0.2) is 0 Å². The molecule has 0 aliphatic rings. The van der Waals surface area contributed by atoms with Gasteiger partial charge in [0.05, 0.1) is 17.4 Å². The lowest BCUT2D eigenvalue weighted by atomic mass is 10.1. The van der Waals surface area contributed by atoms with Crippen LogP contribution in [0.4, 0.5) is 11.4 Å². The van der Waals surface area contributed by atoms with E-state index in [1.54, 1.807) is 79.7 Å². The predicted octanol–water partition coefficient (Wildman–Crippen LogP) is 7.48. The normalized spacial score (nSPS) is 11.7. The highest BCUT2D eigenvalue weighted by Crippen LogP contribution is 2.27. The Labute approximate surface area is 273 Å². The molecular formula is C37H37N3O5S. The number of anilines is 2. The number of carbonyl (C=O) groups excluding carboxylic acids is 4. The lowest BCUT2D eigenvalue weighted by Crippen LogP contribution is -2.30. The third-order valence-electron chi connectivity index (χ3n) is 6.81. The minimum absolute atomic E-state index is 0.0868. The fourth-order valence-electron chi connectivity index (χ4n) is 4.20. The van der Waals surface area contributed by atoms with Gasteiger partial charge < -0.3 is 20.7 Å². The lowest BCUT2D eigenvalue weighted by molar-refractivity contribution is -0.115. The van der Waals surface area contributed by atoms with Gasteiger partial charge in [0.1, 0.15) is 5.70 Å². The number of hydrogen-bond donors (Lipinski definition) is 3. The summed E-state index contributed by atoms with van der Waals surface area (Å²) in [5, 5.41) is 8.02. The second-order valence-corrected chi connectivity index (χ2v) is 12.0. The Hall–Kier alpha value is -5.15. The number of aryl methyl sites for hydroxylation is 1. The standard InChI is InChI=1S/C37H37N3O5S/c1-4-5-22-45-37(44)29-18-20-30(21-19-29)38-34(41)26(3)46-32-13-9-12-31(24-32)39-36(43)33(23-27-16-14-25(2)15-17-27)40-35(42)28-10-7-6-8-11-28/h6-21,23-24,26H,4-5,22H2,1-3H3,(H,38,41)(H,39,43)(H,40,42)/b33-23-. The van der Waals surface area contributed by atoms with Crippen LogP contribution in [0, 0.1) is 6.92 Å². The van der Waals surface area contributed by atoms with Crippen molar-refractivity contribution in [1.29, 1.82) is 0 Å². The zero-order valence-corrected chi connectivity index (χ0v) is 26.9. The van der Waals surface area contributed by atoms with Crippen molar-refractivity contribution in [3.8, 4) is 0 Å². The number of nitrogens with one attached hydrogen (secondary N) is 3. The van der Waals surface area contributed by atoms with E-state index in [1.807, 2.05) is 50.2 Å². The van der Waals surface area contributed by atoms with Crippen LogP contribution in [-0.2, 0) is 14.3 Å². The summed E-state index contributed by atoms with van der Waals surface area (Å²) >= 11 is 1.33. The molecule has 0 aliphatic carbocycles. The summed E-state index contributed by atoms with van der Waals surface area (Å²) in [4.78, 5) is 52.2. The first-order valence-electron chi connectivity index (χ1n) is 15.0. The van der Waals surface area contributed by atoms with E-state index in [4.69, 9.17) is 4.74 Å². The molecule has 0 bridgehead atoms. The summed E-state index contributed by atoms with van der Waals surface area (Å²) in [6, 6.07) is 30.0. The predicted molar refractivity (Wildman–Crippen MR) is 184 cm³/mol. The Morgan fingerprint density at radius 2 is 1.52 bits per heavy atom. The maximum atomic E-state index is 13.4. The van der Waals surface area contributed by atoms with Gasteiger partial charge in [0, 0.05) is 21.8 Å². The first-order valence-corrected chi connectivity index (χ1v) is 15.9. The second-order valence-electron chi connectivity index (χ2n) is 10.6. The molecule has 0 aromatic heterocycles. The molecule has 9 heteroatoms. The second kappa shape index (κ2) is 16.8. The molecule has 4 aromatic carbocycles. The molecule has 0 heterocycles. The van der Waals surface area contributed by atoms with Gasteiger partial charge in [-0.3, -0.25) is 14.4 Å². The van der Waals surface area contributed by atoms with E-state index >= 15 is 0 Å². The van der Waals surface area contributed by atoms with Gasteiger partial charge in [-0.1, -0.05) is 67.4 Å². The van der Waals surface area contributed by atoms with E-state index in [0.717, 1.165) is 28.9 Å². The number of rotatable bonds is 13. The van der Waals surface area contributed by atoms with Gasteiger partial charge in [-0.2, -0.15) is 0 Å². The third-order valence-corrected chi connectivity index (χ3v) is 7.90. The van der Waals surface area contributed by atoms with E-state index in [9.17, 15) is 19.2 Å². The number of thioether (sulfide) groups is 1. The molecule has 46 heavy (non-hydrogen) atoms. The number of ether oxygens (including phenoxy) is 1. The van der Waals surface area contributed by atoms with Crippen LogP contribution in [0.1, 0.15) is 58.5 Å². The van der Waals surface area contributed by atoms with Gasteiger partial charge in [-0.15, -0.1) is 11.8 Å². The minimum Gasteiger partial charge on any atom is -0.462 e. The van der Waals surface area contributed by atoms with Crippen LogP contribution in [0.5, 0.6) is 0 Å². The maximum Gasteiger partial charge on any atom is 0.338 e. The molecule has 0 radical (unpaired) electrons. The van der Waals surface area contributed by atoms with Crippen LogP contribution < -0.4 is 16.0 Å². The SMILES string of the molecule is CCCCOC(=O)c1ccc(NC(=O)C(C)Sc2cccc(NC(=O)/C(=C/c3ccc(C)cc3)NC(=O)c3ccccc3)c2)cc1. The van der Waals surface area contributed by atoms with Crippen LogP contribution >= 0.6 is 11.8 Å². The monoisotopic (exact) mass is 635 g/mol. The van der Waals surface area contributed by atoms with Crippen molar-refractivity contribution < 1.29 is 23.9 Å². The fourth-order valence-corrected chi connectivity index (χ4v) is 5.13. The van der Waals surface area contributed by atoms with Crippen LogP contribution in [0.2, 0.25) is 0 Å². The number of amides is 3. The van der Waals surface area contributed by atoms with Crippen molar-refractivity contribution in [2.24, 2.45) is 0 Å². The molecule has 0 fully saturated rings. The van der Waals surface area contributed by atoms with E-state index in [0.29, 0.717) is 29.1 Å². The van der Waals surface area contributed by atoms with Crippen LogP contribution in [0.3, 0.4) is 0 Å². The van der Waals surface area contributed by atoms with Crippen molar-refractivity contribution >= 4 is 52.9 Å². The zero-order chi connectivity index (χ0) is 32.9. The maximum absolute atomic E-state index is 13.4. The van der Waals surface area contributed by atoms with Crippen molar-refractivity contribution in [2.45, 2.75) is 43.8 Å². The molecule has 8 nitrogen and oxygen atoms in total. The number of hydrogen-bond acceptors (Lipinski definition) is 6. The molecule has 4 rings (SSSR count). The van der Waals surface area contributed by atoms with Crippen LogP contribution in [-0.4, -0.2) is 35.5 Å². The molecule has 0 saturated heterocycles. The van der Waals surface area contributed by atoms with Crippen molar-refractivity contribution in [2.75, 3.05) is 17.2 Å².